The zero-order valence-corrected chi connectivity index (χ0v) is 13.6. The molecule has 0 aromatic heterocycles. The quantitative estimate of drug-likeness (QED) is 0.861. The molecule has 130 valence electrons. The number of aliphatic hydroxyl groups is 1. The summed E-state index contributed by atoms with van der Waals surface area (Å²) in [5.74, 6) is -0.560. The van der Waals surface area contributed by atoms with Crippen LogP contribution in [0.2, 0.25) is 0 Å². The standard InChI is InChI=1S/C18H23FN2O3/c19-15-9-13(12-4-5-12)6-7-14(15)10-20-17(23)11-21-8-2-1-3-16(22)18(21)24/h6-7,9,12,16,22H,1-5,8,10-11H2,(H,20,23). The highest BCUT2D eigenvalue weighted by atomic mass is 19.1. The molecule has 1 aromatic rings. The molecule has 5 nitrogen and oxygen atoms in total. The van der Waals surface area contributed by atoms with Crippen molar-refractivity contribution in [2.45, 2.75) is 50.7 Å². The monoisotopic (exact) mass is 334 g/mol. The second-order valence-electron chi connectivity index (χ2n) is 6.67. The van der Waals surface area contributed by atoms with Crippen LogP contribution in [-0.2, 0) is 16.1 Å². The van der Waals surface area contributed by atoms with Gasteiger partial charge in [0.1, 0.15) is 11.9 Å². The molecule has 1 saturated heterocycles. The van der Waals surface area contributed by atoms with Gasteiger partial charge in [0.25, 0.3) is 5.91 Å². The maximum atomic E-state index is 14.1. The molecule has 1 aromatic carbocycles. The molecule has 1 aliphatic carbocycles. The van der Waals surface area contributed by atoms with Gasteiger partial charge in [0.2, 0.25) is 5.91 Å². The second kappa shape index (κ2) is 7.30. The SMILES string of the molecule is O=C(CN1CCCCC(O)C1=O)NCc1ccc(C2CC2)cc1F. The fourth-order valence-corrected chi connectivity index (χ4v) is 3.04. The molecule has 3 rings (SSSR count). The van der Waals surface area contributed by atoms with Gasteiger partial charge in [-0.2, -0.15) is 0 Å². The van der Waals surface area contributed by atoms with Crippen molar-refractivity contribution in [3.05, 3.63) is 35.1 Å². The van der Waals surface area contributed by atoms with Crippen LogP contribution in [0.15, 0.2) is 18.2 Å². The summed E-state index contributed by atoms with van der Waals surface area (Å²) in [6.45, 7) is 0.464. The summed E-state index contributed by atoms with van der Waals surface area (Å²) >= 11 is 0. The Bertz CT molecular complexity index is 631. The van der Waals surface area contributed by atoms with E-state index in [-0.39, 0.29) is 24.8 Å². The Morgan fingerprint density at radius 2 is 2.08 bits per heavy atom. The Morgan fingerprint density at radius 1 is 1.29 bits per heavy atom. The summed E-state index contributed by atoms with van der Waals surface area (Å²) in [5.41, 5.74) is 1.46. The van der Waals surface area contributed by atoms with Crippen molar-refractivity contribution in [1.29, 1.82) is 0 Å². The van der Waals surface area contributed by atoms with Crippen LogP contribution < -0.4 is 5.32 Å². The Balaban J connectivity index is 1.52. The summed E-state index contributed by atoms with van der Waals surface area (Å²) in [5, 5.41) is 12.3. The number of benzene rings is 1. The molecule has 1 atom stereocenters. The van der Waals surface area contributed by atoms with Crippen LogP contribution in [0.25, 0.3) is 0 Å². The second-order valence-corrected chi connectivity index (χ2v) is 6.67. The van der Waals surface area contributed by atoms with Crippen molar-refractivity contribution in [2.24, 2.45) is 0 Å². The minimum absolute atomic E-state index is 0.0974. The highest BCUT2D eigenvalue weighted by Gasteiger charge is 2.26. The highest BCUT2D eigenvalue weighted by molar-refractivity contribution is 5.87. The van der Waals surface area contributed by atoms with E-state index in [0.717, 1.165) is 31.2 Å². The van der Waals surface area contributed by atoms with E-state index >= 15 is 0 Å². The van der Waals surface area contributed by atoms with Crippen LogP contribution >= 0.6 is 0 Å². The molecule has 2 aliphatic rings. The van der Waals surface area contributed by atoms with Crippen LogP contribution in [-0.4, -0.2) is 41.0 Å². The largest absolute Gasteiger partial charge is 0.383 e. The molecule has 2 amide bonds. The Kier molecular flexibility index (Phi) is 5.14. The minimum Gasteiger partial charge on any atom is -0.383 e. The zero-order valence-electron chi connectivity index (χ0n) is 13.6. The van der Waals surface area contributed by atoms with E-state index < -0.39 is 12.0 Å². The first-order chi connectivity index (χ1) is 11.5. The van der Waals surface area contributed by atoms with Gasteiger partial charge in [0.05, 0.1) is 6.54 Å². The summed E-state index contributed by atoms with van der Waals surface area (Å²) in [6, 6.07) is 5.18. The molecule has 1 aliphatic heterocycles. The number of carbonyl (C=O) groups excluding carboxylic acids is 2. The lowest BCUT2D eigenvalue weighted by Gasteiger charge is -2.21. The predicted molar refractivity (Wildman–Crippen MR) is 86.7 cm³/mol. The van der Waals surface area contributed by atoms with Gasteiger partial charge in [-0.3, -0.25) is 9.59 Å². The third-order valence-corrected chi connectivity index (χ3v) is 4.69. The van der Waals surface area contributed by atoms with Crippen LogP contribution in [0.1, 0.15) is 49.1 Å². The van der Waals surface area contributed by atoms with E-state index in [9.17, 15) is 19.1 Å². The molecule has 0 spiro atoms. The molecule has 1 unspecified atom stereocenters. The third kappa shape index (κ3) is 4.12. The van der Waals surface area contributed by atoms with Gasteiger partial charge in [0.15, 0.2) is 0 Å². The number of aliphatic hydroxyl groups excluding tert-OH is 1. The van der Waals surface area contributed by atoms with Gasteiger partial charge >= 0.3 is 0 Å². The molecule has 0 radical (unpaired) electrons. The van der Waals surface area contributed by atoms with E-state index in [2.05, 4.69) is 5.32 Å². The van der Waals surface area contributed by atoms with Crippen LogP contribution in [0.3, 0.4) is 0 Å². The van der Waals surface area contributed by atoms with Crippen molar-refractivity contribution in [3.8, 4) is 0 Å². The smallest absolute Gasteiger partial charge is 0.251 e. The Labute approximate surface area is 140 Å². The van der Waals surface area contributed by atoms with E-state index in [1.807, 2.05) is 6.07 Å². The number of rotatable bonds is 5. The third-order valence-electron chi connectivity index (χ3n) is 4.69. The van der Waals surface area contributed by atoms with Gasteiger partial charge in [0, 0.05) is 18.7 Å². The summed E-state index contributed by atoms with van der Waals surface area (Å²) in [7, 11) is 0. The van der Waals surface area contributed by atoms with Crippen molar-refractivity contribution in [1.82, 2.24) is 10.2 Å². The molecule has 24 heavy (non-hydrogen) atoms. The first kappa shape index (κ1) is 16.9. The highest BCUT2D eigenvalue weighted by Crippen LogP contribution is 2.40. The van der Waals surface area contributed by atoms with Gasteiger partial charge in [-0.15, -0.1) is 0 Å². The van der Waals surface area contributed by atoms with Gasteiger partial charge in [-0.1, -0.05) is 12.1 Å². The Hall–Kier alpha value is -1.95. The normalized spacial score (nSPS) is 21.5. The minimum atomic E-state index is -1.02. The van der Waals surface area contributed by atoms with Crippen molar-refractivity contribution >= 4 is 11.8 Å². The number of halogens is 1. The molecular weight excluding hydrogens is 311 g/mol. The number of carbonyl (C=O) groups is 2. The lowest BCUT2D eigenvalue weighted by Crippen LogP contribution is -2.44. The van der Waals surface area contributed by atoms with Gasteiger partial charge in [-0.05, 0) is 49.7 Å². The van der Waals surface area contributed by atoms with Gasteiger partial charge in [-0.25, -0.2) is 4.39 Å². The molecule has 6 heteroatoms. The molecular formula is C18H23FN2O3. The van der Waals surface area contributed by atoms with Crippen molar-refractivity contribution in [2.75, 3.05) is 13.1 Å². The zero-order chi connectivity index (χ0) is 17.1. The number of nitrogens with one attached hydrogen (secondary N) is 1. The average molecular weight is 334 g/mol. The van der Waals surface area contributed by atoms with Crippen LogP contribution in [0.5, 0.6) is 0 Å². The maximum Gasteiger partial charge on any atom is 0.251 e. The number of likely N-dealkylation sites (tertiary alicyclic amines) is 1. The first-order valence-electron chi connectivity index (χ1n) is 8.56. The molecule has 1 heterocycles. The maximum absolute atomic E-state index is 14.1. The van der Waals surface area contributed by atoms with Crippen molar-refractivity contribution in [3.63, 3.8) is 0 Å². The summed E-state index contributed by atoms with van der Waals surface area (Å²) in [6.07, 6.45) is 3.19. The summed E-state index contributed by atoms with van der Waals surface area (Å²) < 4.78 is 14.1. The lowest BCUT2D eigenvalue weighted by atomic mass is 10.1. The molecule has 1 saturated carbocycles. The lowest BCUT2D eigenvalue weighted by molar-refractivity contribution is -0.142. The molecule has 2 fully saturated rings. The molecule has 0 bridgehead atoms. The van der Waals surface area contributed by atoms with E-state index in [1.165, 1.54) is 4.90 Å². The molecule has 2 N–H and O–H groups in total. The van der Waals surface area contributed by atoms with E-state index in [1.54, 1.807) is 12.1 Å². The fraction of sp³-hybridized carbons (Fsp3) is 0.556. The average Bonchev–Trinajstić information content (AvgIpc) is 3.40. The first-order valence-corrected chi connectivity index (χ1v) is 8.56. The van der Waals surface area contributed by atoms with Crippen LogP contribution in [0, 0.1) is 5.82 Å². The Morgan fingerprint density at radius 3 is 2.79 bits per heavy atom. The van der Waals surface area contributed by atoms with Crippen LogP contribution in [0.4, 0.5) is 4.39 Å². The predicted octanol–water partition coefficient (Wildman–Crippen LogP) is 1.69. The summed E-state index contributed by atoms with van der Waals surface area (Å²) in [4.78, 5) is 25.4. The van der Waals surface area contributed by atoms with E-state index in [0.29, 0.717) is 24.4 Å². The number of nitrogens with zero attached hydrogens (tertiary/aromatic N) is 1. The van der Waals surface area contributed by atoms with Gasteiger partial charge < -0.3 is 15.3 Å². The number of amides is 2. The number of hydrogen-bond donors (Lipinski definition) is 2. The van der Waals surface area contributed by atoms with Crippen molar-refractivity contribution < 1.29 is 19.1 Å². The fourth-order valence-electron chi connectivity index (χ4n) is 3.04. The topological polar surface area (TPSA) is 69.6 Å². The number of hydrogen-bond acceptors (Lipinski definition) is 3. The van der Waals surface area contributed by atoms with E-state index in [4.69, 9.17) is 0 Å².